The number of rotatable bonds is 4. The minimum absolute atomic E-state index is 0.281. The molecule has 0 bridgehead atoms. The fraction of sp³-hybridized carbons (Fsp3) is 0.138. The molecule has 0 N–H and O–H groups in total. The molecule has 6 aromatic carbocycles. The zero-order valence-electron chi connectivity index (χ0n) is 32.6. The summed E-state index contributed by atoms with van der Waals surface area (Å²) < 4.78 is 0. The number of hydrogen-bond donors (Lipinski definition) is 0. The van der Waals surface area contributed by atoms with Gasteiger partial charge in [0.15, 0.2) is 0 Å². The highest BCUT2D eigenvalue weighted by Gasteiger charge is 2.45. The van der Waals surface area contributed by atoms with E-state index in [4.69, 9.17) is 0 Å². The summed E-state index contributed by atoms with van der Waals surface area (Å²) >= 11 is 0. The highest BCUT2D eigenvalue weighted by atomic mass is 14.5. The van der Waals surface area contributed by atoms with Crippen LogP contribution in [0.3, 0.4) is 0 Å². The van der Waals surface area contributed by atoms with E-state index in [1.807, 2.05) is 0 Å². The van der Waals surface area contributed by atoms with E-state index in [1.54, 1.807) is 5.57 Å². The Labute approximate surface area is 340 Å². The quantitative estimate of drug-likeness (QED) is 0.158. The average Bonchev–Trinajstić information content (AvgIpc) is 3.80. The van der Waals surface area contributed by atoms with Crippen LogP contribution in [0.25, 0.3) is 77.2 Å². The third kappa shape index (κ3) is 4.58. The Bertz CT molecular complexity index is 3110. The summed E-state index contributed by atoms with van der Waals surface area (Å²) in [6.45, 7) is 0. The lowest BCUT2D eigenvalue weighted by molar-refractivity contribution is 0.656. The Morgan fingerprint density at radius 1 is 0.483 bits per heavy atom. The van der Waals surface area contributed by atoms with Crippen LogP contribution in [0.15, 0.2) is 192 Å². The van der Waals surface area contributed by atoms with Crippen molar-refractivity contribution in [1.82, 2.24) is 0 Å². The summed E-state index contributed by atoms with van der Waals surface area (Å²) in [6, 6.07) is 41.4. The Morgan fingerprint density at radius 3 is 2.00 bits per heavy atom. The minimum atomic E-state index is 0.281. The van der Waals surface area contributed by atoms with Crippen LogP contribution in [0, 0.1) is 11.8 Å². The van der Waals surface area contributed by atoms with Crippen molar-refractivity contribution in [1.29, 1.82) is 0 Å². The number of hydrogen-bond acceptors (Lipinski definition) is 0. The lowest BCUT2D eigenvalue weighted by Gasteiger charge is -2.35. The molecule has 0 fully saturated rings. The SMILES string of the molecule is C1=CCCC(C2=CC3=C(C=C4c5c(c(-c6ccccc6)c6cc7c8c(cc(-c9ccccc9)cc8c6c5-c5ccccc5)C5=C7CCC=C5)C5=CC=CC3C54)CC2)=C1. The van der Waals surface area contributed by atoms with Gasteiger partial charge in [-0.25, -0.2) is 0 Å². The molecule has 0 heteroatoms. The van der Waals surface area contributed by atoms with E-state index < -0.39 is 0 Å². The van der Waals surface area contributed by atoms with Gasteiger partial charge in [-0.3, -0.25) is 0 Å². The van der Waals surface area contributed by atoms with Gasteiger partial charge in [-0.15, -0.1) is 0 Å². The lowest BCUT2D eigenvalue weighted by Crippen LogP contribution is -2.22. The second-order valence-electron chi connectivity index (χ2n) is 17.1. The number of fused-ring (bicyclic) bond motifs is 8. The van der Waals surface area contributed by atoms with Gasteiger partial charge in [-0.1, -0.05) is 152 Å². The van der Waals surface area contributed by atoms with Crippen molar-refractivity contribution < 1.29 is 0 Å². The van der Waals surface area contributed by atoms with Gasteiger partial charge in [0.2, 0.25) is 0 Å². The Kier molecular flexibility index (Phi) is 7.02. The van der Waals surface area contributed by atoms with Gasteiger partial charge in [0.25, 0.3) is 0 Å². The average molecular weight is 739 g/mol. The van der Waals surface area contributed by atoms with Crippen molar-refractivity contribution in [2.75, 3.05) is 0 Å². The molecule has 0 saturated heterocycles. The molecule has 2 atom stereocenters. The van der Waals surface area contributed by atoms with Crippen molar-refractivity contribution in [3.05, 3.63) is 215 Å². The molecule has 0 spiro atoms. The second kappa shape index (κ2) is 12.5. The van der Waals surface area contributed by atoms with E-state index in [-0.39, 0.29) is 5.92 Å². The van der Waals surface area contributed by atoms with E-state index in [9.17, 15) is 0 Å². The van der Waals surface area contributed by atoms with Crippen LogP contribution < -0.4 is 0 Å². The fourth-order valence-electron chi connectivity index (χ4n) is 11.8. The van der Waals surface area contributed by atoms with Crippen molar-refractivity contribution in [3.8, 4) is 33.4 Å². The zero-order valence-corrected chi connectivity index (χ0v) is 32.6. The van der Waals surface area contributed by atoms with E-state index in [0.717, 1.165) is 38.5 Å². The summed E-state index contributed by atoms with van der Waals surface area (Å²) in [7, 11) is 0. The fourth-order valence-corrected chi connectivity index (χ4v) is 11.8. The molecule has 0 aliphatic heterocycles. The van der Waals surface area contributed by atoms with Gasteiger partial charge < -0.3 is 0 Å². The summed E-state index contributed by atoms with van der Waals surface area (Å²) in [5.41, 5.74) is 25.7. The second-order valence-corrected chi connectivity index (χ2v) is 17.1. The van der Waals surface area contributed by atoms with Gasteiger partial charge in [0, 0.05) is 11.8 Å². The van der Waals surface area contributed by atoms with Gasteiger partial charge >= 0.3 is 0 Å². The van der Waals surface area contributed by atoms with Crippen molar-refractivity contribution in [2.24, 2.45) is 11.8 Å². The topological polar surface area (TPSA) is 0 Å². The van der Waals surface area contributed by atoms with E-state index in [2.05, 4.69) is 170 Å². The van der Waals surface area contributed by atoms with Gasteiger partial charge in [-0.05, 0) is 178 Å². The normalized spacial score (nSPS) is 20.8. The molecule has 0 aromatic heterocycles. The molecule has 0 amide bonds. The number of allylic oxidation sites excluding steroid dienone is 18. The molecular formula is C58H42. The molecule has 0 nitrogen and oxygen atoms in total. The Morgan fingerprint density at radius 2 is 1.22 bits per heavy atom. The first-order chi connectivity index (χ1) is 28.8. The molecule has 274 valence electrons. The van der Waals surface area contributed by atoms with Crippen LogP contribution in [0.5, 0.6) is 0 Å². The predicted molar refractivity (Wildman–Crippen MR) is 246 cm³/mol. The van der Waals surface area contributed by atoms with Crippen LogP contribution in [0.4, 0.5) is 0 Å². The first-order valence-electron chi connectivity index (χ1n) is 21.4. The van der Waals surface area contributed by atoms with Crippen molar-refractivity contribution >= 4 is 43.8 Å². The van der Waals surface area contributed by atoms with Crippen molar-refractivity contribution in [2.45, 2.75) is 38.5 Å². The maximum atomic E-state index is 2.66. The van der Waals surface area contributed by atoms with Crippen LogP contribution in [-0.4, -0.2) is 0 Å². The van der Waals surface area contributed by atoms with Crippen molar-refractivity contribution in [3.63, 3.8) is 0 Å². The molecule has 2 unspecified atom stereocenters. The first kappa shape index (κ1) is 32.6. The molecule has 58 heavy (non-hydrogen) atoms. The van der Waals surface area contributed by atoms with E-state index in [0.29, 0.717) is 5.92 Å². The Hall–Kier alpha value is -6.50. The van der Waals surface area contributed by atoms with E-state index >= 15 is 0 Å². The highest BCUT2D eigenvalue weighted by Crippen LogP contribution is 2.64. The largest absolute Gasteiger partial charge is 0.0842 e. The summed E-state index contributed by atoms with van der Waals surface area (Å²) in [5.74, 6) is 0.597. The van der Waals surface area contributed by atoms with Crippen LogP contribution in [0.2, 0.25) is 0 Å². The first-order valence-corrected chi connectivity index (χ1v) is 21.4. The van der Waals surface area contributed by atoms with E-state index in [1.165, 1.54) is 116 Å². The lowest BCUT2D eigenvalue weighted by atomic mass is 9.68. The third-order valence-electron chi connectivity index (χ3n) is 14.2. The summed E-state index contributed by atoms with van der Waals surface area (Å²) in [4.78, 5) is 0. The smallest absolute Gasteiger partial charge is 0.0206 e. The van der Waals surface area contributed by atoms with Crippen LogP contribution >= 0.6 is 0 Å². The standard InChI is InChI=1S/C58H42/c1-5-16-35(17-6-1)39-28-29-40-31-50-54-44(46(40)30-39)26-15-27-45(54)57-52(37-20-9-3-10-21-37)51-34-48-43-25-14-13-24-42(43)47-32-41(36-18-7-2-8-19-36)33-49(55(47)48)56(51)53(58(50)57)38-22-11-4-12-23-38/h1-5,7-13,15-16,18-24,26-27,30-34,44,54H,6,14,17,25,28-29H2. The van der Waals surface area contributed by atoms with Gasteiger partial charge in [0.1, 0.15) is 0 Å². The van der Waals surface area contributed by atoms with Gasteiger partial charge in [0.05, 0.1) is 0 Å². The number of benzene rings is 6. The molecule has 0 heterocycles. The Balaban J connectivity index is 1.20. The molecular weight excluding hydrogens is 697 g/mol. The van der Waals surface area contributed by atoms with Crippen LogP contribution in [-0.2, 0) is 0 Å². The molecule has 6 aromatic rings. The molecule has 7 aliphatic carbocycles. The maximum Gasteiger partial charge on any atom is 0.0206 e. The molecule has 13 rings (SSSR count). The molecule has 7 aliphatic rings. The summed E-state index contributed by atoms with van der Waals surface area (Å²) in [5, 5.41) is 5.56. The monoisotopic (exact) mass is 738 g/mol. The summed E-state index contributed by atoms with van der Waals surface area (Å²) in [6.07, 6.45) is 31.0. The maximum absolute atomic E-state index is 2.66. The molecule has 0 saturated carbocycles. The minimum Gasteiger partial charge on any atom is -0.0842 e. The van der Waals surface area contributed by atoms with Crippen LogP contribution in [0.1, 0.15) is 60.8 Å². The highest BCUT2D eigenvalue weighted by molar-refractivity contribution is 6.30. The third-order valence-corrected chi connectivity index (χ3v) is 14.2. The predicted octanol–water partition coefficient (Wildman–Crippen LogP) is 15.5. The zero-order chi connectivity index (χ0) is 37.9. The molecule has 0 radical (unpaired) electrons. The van der Waals surface area contributed by atoms with Gasteiger partial charge in [-0.2, -0.15) is 0 Å².